The lowest BCUT2D eigenvalue weighted by atomic mass is 10.2. The molecule has 26 heavy (non-hydrogen) atoms. The fourth-order valence-corrected chi connectivity index (χ4v) is 2.17. The van der Waals surface area contributed by atoms with Crippen LogP contribution in [-0.4, -0.2) is 38.1 Å². The van der Waals surface area contributed by atoms with E-state index in [1.54, 1.807) is 36.4 Å². The van der Waals surface area contributed by atoms with Crippen LogP contribution in [0.5, 0.6) is 11.5 Å². The highest BCUT2D eigenvalue weighted by molar-refractivity contribution is 5.98. The molecule has 0 aliphatic rings. The molecule has 7 heteroatoms. The number of carbonyl (C=O) groups excluding carboxylic acids is 2. The van der Waals surface area contributed by atoms with Crippen LogP contribution in [0.2, 0.25) is 0 Å². The molecule has 0 spiro atoms. The molecule has 2 aromatic rings. The Hall–Kier alpha value is -3.09. The number of amides is 2. The summed E-state index contributed by atoms with van der Waals surface area (Å²) >= 11 is 0. The van der Waals surface area contributed by atoms with Crippen LogP contribution in [0, 0.1) is 5.82 Å². The number of ether oxygens (including phenoxy) is 2. The molecule has 0 atom stereocenters. The average molecular weight is 360 g/mol. The Morgan fingerprint density at radius 3 is 2.38 bits per heavy atom. The maximum absolute atomic E-state index is 13.4. The predicted octanol–water partition coefficient (Wildman–Crippen LogP) is 2.15. The zero-order valence-corrected chi connectivity index (χ0v) is 14.5. The van der Waals surface area contributed by atoms with E-state index in [4.69, 9.17) is 9.47 Å². The van der Waals surface area contributed by atoms with Crippen molar-refractivity contribution in [1.82, 2.24) is 10.6 Å². The Morgan fingerprint density at radius 2 is 1.65 bits per heavy atom. The van der Waals surface area contributed by atoms with Crippen molar-refractivity contribution in [2.75, 3.05) is 26.3 Å². The molecule has 0 aliphatic carbocycles. The quantitative estimate of drug-likeness (QED) is 0.672. The van der Waals surface area contributed by atoms with Gasteiger partial charge in [0.1, 0.15) is 12.4 Å². The minimum Gasteiger partial charge on any atom is -0.493 e. The van der Waals surface area contributed by atoms with Crippen LogP contribution in [0.25, 0.3) is 0 Å². The van der Waals surface area contributed by atoms with E-state index in [1.807, 2.05) is 6.92 Å². The molecule has 0 unspecified atom stereocenters. The molecule has 0 aromatic heterocycles. The van der Waals surface area contributed by atoms with Crippen LogP contribution in [0.3, 0.4) is 0 Å². The SMILES string of the molecule is CCOc1ccccc1C(=O)NCC(=O)NCCOc1ccccc1F. The van der Waals surface area contributed by atoms with Crippen molar-refractivity contribution in [2.24, 2.45) is 0 Å². The van der Waals surface area contributed by atoms with Gasteiger partial charge < -0.3 is 20.1 Å². The number of rotatable bonds is 9. The monoisotopic (exact) mass is 360 g/mol. The van der Waals surface area contributed by atoms with Crippen molar-refractivity contribution in [2.45, 2.75) is 6.92 Å². The fraction of sp³-hybridized carbons (Fsp3) is 0.263. The summed E-state index contributed by atoms with van der Waals surface area (Å²) in [6.45, 7) is 2.39. The number of carbonyl (C=O) groups is 2. The van der Waals surface area contributed by atoms with E-state index in [-0.39, 0.29) is 31.4 Å². The lowest BCUT2D eigenvalue weighted by molar-refractivity contribution is -0.120. The molecule has 0 fully saturated rings. The summed E-state index contributed by atoms with van der Waals surface area (Å²) in [4.78, 5) is 23.9. The van der Waals surface area contributed by atoms with E-state index in [0.29, 0.717) is 17.9 Å². The maximum Gasteiger partial charge on any atom is 0.255 e. The van der Waals surface area contributed by atoms with Crippen molar-refractivity contribution in [1.29, 1.82) is 0 Å². The number of para-hydroxylation sites is 2. The number of nitrogens with one attached hydrogen (secondary N) is 2. The lowest BCUT2D eigenvalue weighted by Crippen LogP contribution is -2.38. The van der Waals surface area contributed by atoms with Gasteiger partial charge in [0.2, 0.25) is 5.91 Å². The molecular formula is C19H21FN2O4. The van der Waals surface area contributed by atoms with Gasteiger partial charge in [-0.2, -0.15) is 0 Å². The zero-order valence-electron chi connectivity index (χ0n) is 14.5. The smallest absolute Gasteiger partial charge is 0.255 e. The summed E-state index contributed by atoms with van der Waals surface area (Å²) in [5, 5.41) is 5.12. The zero-order chi connectivity index (χ0) is 18.8. The summed E-state index contributed by atoms with van der Waals surface area (Å²) < 4.78 is 24.0. The third-order valence-corrected chi connectivity index (χ3v) is 3.36. The first-order valence-corrected chi connectivity index (χ1v) is 8.26. The molecule has 2 amide bonds. The summed E-state index contributed by atoms with van der Waals surface area (Å²) in [6.07, 6.45) is 0. The Kier molecular flexibility index (Phi) is 7.42. The molecule has 0 saturated carbocycles. The van der Waals surface area contributed by atoms with Crippen LogP contribution in [0.1, 0.15) is 17.3 Å². The van der Waals surface area contributed by atoms with Crippen LogP contribution in [0.4, 0.5) is 4.39 Å². The molecule has 0 radical (unpaired) electrons. The van der Waals surface area contributed by atoms with Gasteiger partial charge in [-0.3, -0.25) is 9.59 Å². The van der Waals surface area contributed by atoms with E-state index >= 15 is 0 Å². The van der Waals surface area contributed by atoms with Crippen molar-refractivity contribution in [3.05, 3.63) is 59.9 Å². The minimum atomic E-state index is -0.459. The second kappa shape index (κ2) is 10.0. The molecule has 0 aliphatic heterocycles. The first-order chi connectivity index (χ1) is 12.6. The standard InChI is InChI=1S/C19H21FN2O4/c1-2-25-16-9-5-3-7-14(16)19(24)22-13-18(23)21-11-12-26-17-10-6-4-8-15(17)20/h3-10H,2,11-13H2,1H3,(H,21,23)(H,22,24). The van der Waals surface area contributed by atoms with E-state index in [2.05, 4.69) is 10.6 Å². The largest absolute Gasteiger partial charge is 0.493 e. The molecule has 6 nitrogen and oxygen atoms in total. The lowest BCUT2D eigenvalue weighted by Gasteiger charge is -2.11. The van der Waals surface area contributed by atoms with Crippen molar-refractivity contribution in [3.63, 3.8) is 0 Å². The summed E-state index contributed by atoms with van der Waals surface area (Å²) in [7, 11) is 0. The number of halogens is 1. The third-order valence-electron chi connectivity index (χ3n) is 3.36. The van der Waals surface area contributed by atoms with Gasteiger partial charge in [0.15, 0.2) is 11.6 Å². The highest BCUT2D eigenvalue weighted by atomic mass is 19.1. The van der Waals surface area contributed by atoms with Gasteiger partial charge in [-0.1, -0.05) is 24.3 Å². The second-order valence-corrected chi connectivity index (χ2v) is 5.24. The van der Waals surface area contributed by atoms with Crippen LogP contribution in [0.15, 0.2) is 48.5 Å². The molecule has 2 N–H and O–H groups in total. The van der Waals surface area contributed by atoms with E-state index < -0.39 is 11.7 Å². The Labute approximate surface area is 151 Å². The Bertz CT molecular complexity index is 752. The molecular weight excluding hydrogens is 339 g/mol. The maximum atomic E-state index is 13.4. The number of hydrogen-bond donors (Lipinski definition) is 2. The highest BCUT2D eigenvalue weighted by Gasteiger charge is 2.12. The normalized spacial score (nSPS) is 10.1. The van der Waals surface area contributed by atoms with Gasteiger partial charge in [-0.25, -0.2) is 4.39 Å². The summed E-state index contributed by atoms with van der Waals surface area (Å²) in [5.41, 5.74) is 0.366. The minimum absolute atomic E-state index is 0.119. The Morgan fingerprint density at radius 1 is 0.962 bits per heavy atom. The first kappa shape index (κ1) is 19.2. The van der Waals surface area contributed by atoms with Crippen molar-refractivity contribution in [3.8, 4) is 11.5 Å². The summed E-state index contributed by atoms with van der Waals surface area (Å²) in [6, 6.07) is 12.8. The average Bonchev–Trinajstić information content (AvgIpc) is 2.65. The van der Waals surface area contributed by atoms with Crippen LogP contribution < -0.4 is 20.1 Å². The third kappa shape index (κ3) is 5.77. The van der Waals surface area contributed by atoms with Crippen LogP contribution >= 0.6 is 0 Å². The number of hydrogen-bond acceptors (Lipinski definition) is 4. The topological polar surface area (TPSA) is 76.7 Å². The second-order valence-electron chi connectivity index (χ2n) is 5.24. The molecule has 2 aromatic carbocycles. The van der Waals surface area contributed by atoms with Gasteiger partial charge in [-0.05, 0) is 31.2 Å². The van der Waals surface area contributed by atoms with Gasteiger partial charge >= 0.3 is 0 Å². The predicted molar refractivity (Wildman–Crippen MR) is 94.8 cm³/mol. The molecule has 0 bridgehead atoms. The van der Waals surface area contributed by atoms with Gasteiger partial charge in [0.25, 0.3) is 5.91 Å². The summed E-state index contributed by atoms with van der Waals surface area (Å²) in [5.74, 6) is -0.635. The molecule has 2 rings (SSSR count). The van der Waals surface area contributed by atoms with Crippen LogP contribution in [-0.2, 0) is 4.79 Å². The van der Waals surface area contributed by atoms with Gasteiger partial charge in [0.05, 0.1) is 25.3 Å². The van der Waals surface area contributed by atoms with E-state index in [9.17, 15) is 14.0 Å². The van der Waals surface area contributed by atoms with Crippen molar-refractivity contribution < 1.29 is 23.5 Å². The molecule has 0 heterocycles. The number of benzene rings is 2. The van der Waals surface area contributed by atoms with E-state index in [1.165, 1.54) is 12.1 Å². The highest BCUT2D eigenvalue weighted by Crippen LogP contribution is 2.17. The molecule has 138 valence electrons. The first-order valence-electron chi connectivity index (χ1n) is 8.26. The van der Waals surface area contributed by atoms with Gasteiger partial charge in [-0.15, -0.1) is 0 Å². The van der Waals surface area contributed by atoms with Gasteiger partial charge in [0, 0.05) is 0 Å². The molecule has 0 saturated heterocycles. The fourth-order valence-electron chi connectivity index (χ4n) is 2.17. The van der Waals surface area contributed by atoms with Crippen molar-refractivity contribution >= 4 is 11.8 Å². The van der Waals surface area contributed by atoms with E-state index in [0.717, 1.165) is 0 Å². The Balaban J connectivity index is 1.72.